The normalized spacial score (nSPS) is 10.1. The lowest BCUT2D eigenvalue weighted by atomic mass is 10.5. The van der Waals surface area contributed by atoms with Crippen LogP contribution in [0.2, 0.25) is 0 Å². The predicted octanol–water partition coefficient (Wildman–Crippen LogP) is 0.254. The number of hydrogen-bond donors (Lipinski definition) is 1. The summed E-state index contributed by atoms with van der Waals surface area (Å²) < 4.78 is 10.1. The highest BCUT2D eigenvalue weighted by Gasteiger charge is 2.08. The van der Waals surface area contributed by atoms with Crippen LogP contribution in [-0.4, -0.2) is 50.4 Å². The molecule has 0 bridgehead atoms. The van der Waals surface area contributed by atoms with E-state index in [1.807, 2.05) is 6.92 Å². The predicted molar refractivity (Wildman–Crippen MR) is 53.8 cm³/mol. The first-order valence-electron chi connectivity index (χ1n) is 4.71. The summed E-state index contributed by atoms with van der Waals surface area (Å²) in [5, 5.41) is 0. The van der Waals surface area contributed by atoms with E-state index in [-0.39, 0.29) is 0 Å². The summed E-state index contributed by atoms with van der Waals surface area (Å²) in [7, 11) is 0. The Bertz CT molecular complexity index is 143. The molecule has 83 valence electrons. The van der Waals surface area contributed by atoms with Gasteiger partial charge >= 0.3 is 6.03 Å². The smallest absolute Gasteiger partial charge is 0.314 e. The van der Waals surface area contributed by atoms with Gasteiger partial charge in [-0.3, -0.25) is 0 Å². The molecule has 0 aliphatic heterocycles. The van der Waals surface area contributed by atoms with Crippen LogP contribution in [0, 0.1) is 6.92 Å². The van der Waals surface area contributed by atoms with E-state index >= 15 is 0 Å². The van der Waals surface area contributed by atoms with E-state index in [0.717, 1.165) is 0 Å². The number of carbonyl (C=O) groups is 1. The number of carbonyl (C=O) groups excluding carboxylic acids is 1. The lowest BCUT2D eigenvalue weighted by molar-refractivity contribution is 0.0987. The maximum atomic E-state index is 10.9. The average molecular weight is 203 g/mol. The number of ether oxygens (including phenoxy) is 2. The molecule has 0 rings (SSSR count). The quantitative estimate of drug-likeness (QED) is 0.575. The third-order valence-electron chi connectivity index (χ3n) is 1.67. The summed E-state index contributed by atoms with van der Waals surface area (Å²) in [6.45, 7) is 8.41. The van der Waals surface area contributed by atoms with Gasteiger partial charge in [0.15, 0.2) is 0 Å². The number of rotatable bonds is 8. The van der Waals surface area contributed by atoms with Crippen LogP contribution >= 0.6 is 0 Å². The number of nitrogens with two attached hydrogens (primary N) is 1. The Hall–Kier alpha value is -0.810. The van der Waals surface area contributed by atoms with Crippen LogP contribution in [-0.2, 0) is 9.47 Å². The van der Waals surface area contributed by atoms with E-state index in [9.17, 15) is 4.79 Å². The summed E-state index contributed by atoms with van der Waals surface area (Å²) in [6, 6.07) is -0.447. The van der Waals surface area contributed by atoms with E-state index in [2.05, 4.69) is 6.92 Å². The maximum absolute atomic E-state index is 10.9. The lowest BCUT2D eigenvalue weighted by Gasteiger charge is -2.19. The largest absolute Gasteiger partial charge is 0.380 e. The van der Waals surface area contributed by atoms with Crippen molar-refractivity contribution in [2.75, 3.05) is 39.5 Å². The zero-order valence-electron chi connectivity index (χ0n) is 8.70. The molecule has 0 saturated heterocycles. The molecule has 0 aromatic carbocycles. The highest BCUT2D eigenvalue weighted by atomic mass is 16.5. The Morgan fingerprint density at radius 3 is 2.36 bits per heavy atom. The van der Waals surface area contributed by atoms with Crippen LogP contribution in [0.5, 0.6) is 0 Å². The molecule has 0 aliphatic rings. The van der Waals surface area contributed by atoms with Crippen molar-refractivity contribution in [3.8, 4) is 0 Å². The lowest BCUT2D eigenvalue weighted by Crippen LogP contribution is -2.40. The monoisotopic (exact) mass is 203 g/mol. The van der Waals surface area contributed by atoms with Gasteiger partial charge in [0.05, 0.1) is 13.2 Å². The molecule has 0 saturated carbocycles. The Morgan fingerprint density at radius 1 is 1.36 bits per heavy atom. The molecule has 0 aliphatic carbocycles. The topological polar surface area (TPSA) is 64.8 Å². The first-order chi connectivity index (χ1) is 6.72. The van der Waals surface area contributed by atoms with Crippen molar-refractivity contribution < 1.29 is 14.3 Å². The van der Waals surface area contributed by atoms with Crippen molar-refractivity contribution in [2.24, 2.45) is 5.73 Å². The Kier molecular flexibility index (Phi) is 8.27. The SMILES string of the molecule is [CH2]COCCN(CCOCC)C(N)=O. The minimum atomic E-state index is -0.447. The summed E-state index contributed by atoms with van der Waals surface area (Å²) in [4.78, 5) is 12.4. The highest BCUT2D eigenvalue weighted by molar-refractivity contribution is 5.71. The van der Waals surface area contributed by atoms with Crippen LogP contribution in [0.1, 0.15) is 6.92 Å². The third-order valence-corrected chi connectivity index (χ3v) is 1.67. The van der Waals surface area contributed by atoms with E-state index in [0.29, 0.717) is 39.5 Å². The first kappa shape index (κ1) is 13.2. The fourth-order valence-electron chi connectivity index (χ4n) is 0.928. The summed E-state index contributed by atoms with van der Waals surface area (Å²) >= 11 is 0. The highest BCUT2D eigenvalue weighted by Crippen LogP contribution is 1.89. The van der Waals surface area contributed by atoms with E-state index in [1.165, 1.54) is 4.90 Å². The number of nitrogens with zero attached hydrogens (tertiary/aromatic N) is 1. The minimum absolute atomic E-state index is 0.401. The van der Waals surface area contributed by atoms with Crippen molar-refractivity contribution in [3.05, 3.63) is 6.92 Å². The Labute approximate surface area is 85.1 Å². The van der Waals surface area contributed by atoms with Crippen LogP contribution < -0.4 is 5.73 Å². The fourth-order valence-corrected chi connectivity index (χ4v) is 0.928. The van der Waals surface area contributed by atoms with Crippen LogP contribution in [0.4, 0.5) is 4.79 Å². The second-order valence-electron chi connectivity index (χ2n) is 2.63. The Balaban J connectivity index is 3.61. The molecule has 0 fully saturated rings. The summed E-state index contributed by atoms with van der Waals surface area (Å²) in [6.07, 6.45) is 0. The van der Waals surface area contributed by atoms with Crippen molar-refractivity contribution in [1.82, 2.24) is 4.90 Å². The molecular weight excluding hydrogens is 184 g/mol. The van der Waals surface area contributed by atoms with Gasteiger partial charge in [-0.25, -0.2) is 4.79 Å². The molecule has 0 aromatic heterocycles. The number of urea groups is 1. The number of amides is 2. The minimum Gasteiger partial charge on any atom is -0.380 e. The van der Waals surface area contributed by atoms with Gasteiger partial charge in [-0.2, -0.15) is 0 Å². The Morgan fingerprint density at radius 2 is 1.93 bits per heavy atom. The average Bonchev–Trinajstić information content (AvgIpc) is 2.15. The zero-order valence-corrected chi connectivity index (χ0v) is 8.70. The van der Waals surface area contributed by atoms with Crippen molar-refractivity contribution in [1.29, 1.82) is 0 Å². The van der Waals surface area contributed by atoms with Crippen LogP contribution in [0.25, 0.3) is 0 Å². The van der Waals surface area contributed by atoms with Crippen molar-refractivity contribution >= 4 is 6.03 Å². The van der Waals surface area contributed by atoms with E-state index in [1.54, 1.807) is 0 Å². The second kappa shape index (κ2) is 8.77. The van der Waals surface area contributed by atoms with Gasteiger partial charge < -0.3 is 20.1 Å². The molecule has 1 radical (unpaired) electrons. The first-order valence-corrected chi connectivity index (χ1v) is 4.71. The molecule has 0 atom stereocenters. The van der Waals surface area contributed by atoms with Crippen molar-refractivity contribution in [2.45, 2.75) is 6.92 Å². The molecule has 2 amide bonds. The maximum Gasteiger partial charge on any atom is 0.314 e. The van der Waals surface area contributed by atoms with E-state index in [4.69, 9.17) is 15.2 Å². The van der Waals surface area contributed by atoms with Gasteiger partial charge in [0.25, 0.3) is 0 Å². The number of hydrogen-bond acceptors (Lipinski definition) is 3. The van der Waals surface area contributed by atoms with Gasteiger partial charge in [-0.15, -0.1) is 0 Å². The summed E-state index contributed by atoms with van der Waals surface area (Å²) in [5.41, 5.74) is 5.16. The van der Waals surface area contributed by atoms with Gasteiger partial charge in [-0.1, -0.05) is 0 Å². The molecular formula is C9H19N2O3. The van der Waals surface area contributed by atoms with Crippen LogP contribution in [0.3, 0.4) is 0 Å². The summed E-state index contributed by atoms with van der Waals surface area (Å²) in [5.74, 6) is 0. The van der Waals surface area contributed by atoms with Gasteiger partial charge in [0, 0.05) is 26.3 Å². The molecule has 0 aromatic rings. The molecule has 0 heterocycles. The van der Waals surface area contributed by atoms with Crippen LogP contribution in [0.15, 0.2) is 0 Å². The van der Waals surface area contributed by atoms with Gasteiger partial charge in [0.1, 0.15) is 0 Å². The molecule has 5 nitrogen and oxygen atoms in total. The van der Waals surface area contributed by atoms with Crippen molar-refractivity contribution in [3.63, 3.8) is 0 Å². The van der Waals surface area contributed by atoms with Gasteiger partial charge in [0.2, 0.25) is 0 Å². The second-order valence-corrected chi connectivity index (χ2v) is 2.63. The van der Waals surface area contributed by atoms with E-state index < -0.39 is 6.03 Å². The molecule has 2 N–H and O–H groups in total. The fraction of sp³-hybridized carbons (Fsp3) is 0.778. The molecule has 5 heteroatoms. The zero-order chi connectivity index (χ0) is 10.8. The number of primary amides is 1. The standard InChI is InChI=1S/C9H19N2O3/c1-3-13-7-5-11(9(10)12)6-8-14-4-2/h1,3-8H2,2H3,(H2,10,12). The molecule has 0 unspecified atom stereocenters. The van der Waals surface area contributed by atoms with Gasteiger partial charge in [-0.05, 0) is 13.8 Å². The molecule has 14 heavy (non-hydrogen) atoms. The third kappa shape index (κ3) is 6.68. The molecule has 0 spiro atoms.